The van der Waals surface area contributed by atoms with Crippen LogP contribution in [0, 0.1) is 0 Å². The van der Waals surface area contributed by atoms with Crippen LogP contribution in [0.2, 0.25) is 0 Å². The molecule has 1 aromatic rings. The number of aliphatic hydroxyl groups is 1. The van der Waals surface area contributed by atoms with Gasteiger partial charge in [-0.1, -0.05) is 37.3 Å². The molecule has 4 heteroatoms. The van der Waals surface area contributed by atoms with Crippen molar-refractivity contribution in [2.45, 2.75) is 12.5 Å². The van der Waals surface area contributed by atoms with Crippen LogP contribution in [0.5, 0.6) is 0 Å². The fourth-order valence-corrected chi connectivity index (χ4v) is 1.96. The van der Waals surface area contributed by atoms with Crippen LogP contribution in [0.1, 0.15) is 12.5 Å². The quantitative estimate of drug-likeness (QED) is 0.718. The van der Waals surface area contributed by atoms with E-state index >= 15 is 0 Å². The summed E-state index contributed by atoms with van der Waals surface area (Å²) >= 11 is 0. The van der Waals surface area contributed by atoms with E-state index in [9.17, 15) is 5.11 Å². The summed E-state index contributed by atoms with van der Waals surface area (Å²) in [6, 6.07) is 9.60. The predicted molar refractivity (Wildman–Crippen MR) is 73.4 cm³/mol. The van der Waals surface area contributed by atoms with Crippen LogP contribution in [0.15, 0.2) is 30.3 Å². The molecule has 1 atom stereocenters. The van der Waals surface area contributed by atoms with Gasteiger partial charge in [-0.2, -0.15) is 0 Å². The van der Waals surface area contributed by atoms with E-state index in [0.717, 1.165) is 18.7 Å². The summed E-state index contributed by atoms with van der Waals surface area (Å²) in [7, 11) is 1.68. The minimum absolute atomic E-state index is 0.209. The highest BCUT2D eigenvalue weighted by atomic mass is 16.5. The Bertz CT molecular complexity index is 332. The summed E-state index contributed by atoms with van der Waals surface area (Å²) in [5, 5.41) is 10.7. The lowest BCUT2D eigenvalue weighted by Crippen LogP contribution is -2.46. The number of nitrogens with two attached hydrogens (primary N) is 1. The molecule has 0 aromatic heterocycles. The predicted octanol–water partition coefficient (Wildman–Crippen LogP) is 0.801. The van der Waals surface area contributed by atoms with E-state index in [1.807, 2.05) is 30.3 Å². The molecular weight excluding hydrogens is 228 g/mol. The third-order valence-corrected chi connectivity index (χ3v) is 3.19. The van der Waals surface area contributed by atoms with Crippen molar-refractivity contribution in [1.82, 2.24) is 4.90 Å². The van der Waals surface area contributed by atoms with Gasteiger partial charge in [0.05, 0.1) is 6.61 Å². The number of likely N-dealkylation sites (N-methyl/N-ethyl adjacent to an activating group) is 1. The lowest BCUT2D eigenvalue weighted by Gasteiger charge is -2.33. The van der Waals surface area contributed by atoms with Crippen LogP contribution < -0.4 is 5.73 Å². The van der Waals surface area contributed by atoms with Gasteiger partial charge in [-0.05, 0) is 12.1 Å². The first-order chi connectivity index (χ1) is 8.66. The number of benzene rings is 1. The zero-order valence-electron chi connectivity index (χ0n) is 11.3. The molecule has 102 valence electrons. The summed E-state index contributed by atoms with van der Waals surface area (Å²) < 4.78 is 5.07. The maximum absolute atomic E-state index is 10.7. The Morgan fingerprint density at radius 3 is 2.50 bits per heavy atom. The number of ether oxygens (including phenoxy) is 1. The molecule has 0 bridgehead atoms. The molecule has 3 N–H and O–H groups in total. The van der Waals surface area contributed by atoms with Crippen molar-refractivity contribution in [2.24, 2.45) is 5.73 Å². The van der Waals surface area contributed by atoms with E-state index in [-0.39, 0.29) is 6.54 Å². The number of rotatable bonds is 8. The number of hydrogen-bond donors (Lipinski definition) is 2. The van der Waals surface area contributed by atoms with E-state index in [2.05, 4.69) is 11.8 Å². The zero-order chi connectivity index (χ0) is 13.4. The lowest BCUT2D eigenvalue weighted by atomic mass is 9.93. The van der Waals surface area contributed by atoms with Crippen molar-refractivity contribution in [2.75, 3.05) is 39.9 Å². The molecule has 0 spiro atoms. The smallest absolute Gasteiger partial charge is 0.114 e. The van der Waals surface area contributed by atoms with Crippen LogP contribution in [0.4, 0.5) is 0 Å². The molecule has 0 saturated heterocycles. The van der Waals surface area contributed by atoms with E-state index in [4.69, 9.17) is 10.5 Å². The summed E-state index contributed by atoms with van der Waals surface area (Å²) in [6.45, 7) is 5.11. The minimum Gasteiger partial charge on any atom is -0.383 e. The van der Waals surface area contributed by atoms with Gasteiger partial charge in [-0.25, -0.2) is 0 Å². The Labute approximate surface area is 109 Å². The van der Waals surface area contributed by atoms with Gasteiger partial charge in [-0.15, -0.1) is 0 Å². The third-order valence-electron chi connectivity index (χ3n) is 3.19. The summed E-state index contributed by atoms with van der Waals surface area (Å²) in [6.07, 6.45) is 0. The first-order valence-corrected chi connectivity index (χ1v) is 6.35. The molecule has 0 amide bonds. The van der Waals surface area contributed by atoms with Crippen LogP contribution in [-0.4, -0.2) is 49.9 Å². The second-order valence-corrected chi connectivity index (χ2v) is 4.46. The minimum atomic E-state index is -0.995. The molecule has 0 heterocycles. The largest absolute Gasteiger partial charge is 0.383 e. The molecule has 4 nitrogen and oxygen atoms in total. The zero-order valence-corrected chi connectivity index (χ0v) is 11.3. The van der Waals surface area contributed by atoms with Gasteiger partial charge in [-0.3, -0.25) is 4.90 Å². The molecule has 0 aliphatic carbocycles. The Hall–Kier alpha value is -0.940. The van der Waals surface area contributed by atoms with Gasteiger partial charge in [0, 0.05) is 26.7 Å². The first-order valence-electron chi connectivity index (χ1n) is 6.35. The molecule has 1 rings (SSSR count). The average Bonchev–Trinajstić information content (AvgIpc) is 2.44. The fraction of sp³-hybridized carbons (Fsp3) is 0.571. The van der Waals surface area contributed by atoms with Crippen LogP contribution >= 0.6 is 0 Å². The fourth-order valence-electron chi connectivity index (χ4n) is 1.96. The normalized spacial score (nSPS) is 14.7. The third kappa shape index (κ3) is 4.07. The molecule has 0 saturated carbocycles. The summed E-state index contributed by atoms with van der Waals surface area (Å²) in [5.41, 5.74) is 5.63. The molecule has 0 fully saturated rings. The van der Waals surface area contributed by atoms with Crippen LogP contribution in [0.3, 0.4) is 0 Å². The van der Waals surface area contributed by atoms with Crippen LogP contribution in [-0.2, 0) is 10.3 Å². The molecule has 18 heavy (non-hydrogen) atoms. The molecule has 0 radical (unpaired) electrons. The standard InChI is InChI=1S/C14H24N2O2/c1-3-16(9-10-18-2)12-14(17,11-15)13-7-5-4-6-8-13/h4-8,17H,3,9-12,15H2,1-2H3. The van der Waals surface area contributed by atoms with Gasteiger partial charge in [0.2, 0.25) is 0 Å². The molecule has 0 aliphatic rings. The second-order valence-electron chi connectivity index (χ2n) is 4.46. The number of methoxy groups -OCH3 is 1. The Balaban J connectivity index is 2.75. The Kier molecular flexibility index (Phi) is 6.29. The van der Waals surface area contributed by atoms with Crippen LogP contribution in [0.25, 0.3) is 0 Å². The highest BCUT2D eigenvalue weighted by molar-refractivity contribution is 5.23. The number of hydrogen-bond acceptors (Lipinski definition) is 4. The highest BCUT2D eigenvalue weighted by Gasteiger charge is 2.29. The van der Waals surface area contributed by atoms with Crippen molar-refractivity contribution >= 4 is 0 Å². The van der Waals surface area contributed by atoms with Crippen molar-refractivity contribution in [1.29, 1.82) is 0 Å². The lowest BCUT2D eigenvalue weighted by molar-refractivity contribution is 0.00228. The molecule has 0 aliphatic heterocycles. The SMILES string of the molecule is CCN(CCOC)CC(O)(CN)c1ccccc1. The maximum atomic E-state index is 10.7. The molecular formula is C14H24N2O2. The molecule has 1 unspecified atom stereocenters. The summed E-state index contributed by atoms with van der Waals surface area (Å²) in [5.74, 6) is 0. The van der Waals surface area contributed by atoms with Gasteiger partial charge in [0.25, 0.3) is 0 Å². The van der Waals surface area contributed by atoms with Gasteiger partial charge < -0.3 is 15.6 Å². The maximum Gasteiger partial charge on any atom is 0.114 e. The van der Waals surface area contributed by atoms with E-state index < -0.39 is 5.60 Å². The highest BCUT2D eigenvalue weighted by Crippen LogP contribution is 2.21. The first kappa shape index (κ1) is 15.1. The topological polar surface area (TPSA) is 58.7 Å². The average molecular weight is 252 g/mol. The van der Waals surface area contributed by atoms with Crippen molar-refractivity contribution < 1.29 is 9.84 Å². The van der Waals surface area contributed by atoms with Crippen molar-refractivity contribution in [3.63, 3.8) is 0 Å². The number of nitrogens with zero attached hydrogens (tertiary/aromatic N) is 1. The van der Waals surface area contributed by atoms with Gasteiger partial charge in [0.15, 0.2) is 0 Å². The van der Waals surface area contributed by atoms with Gasteiger partial charge in [0.1, 0.15) is 5.60 Å². The van der Waals surface area contributed by atoms with E-state index in [1.54, 1.807) is 7.11 Å². The van der Waals surface area contributed by atoms with E-state index in [1.165, 1.54) is 0 Å². The monoisotopic (exact) mass is 252 g/mol. The Morgan fingerprint density at radius 2 is 2.00 bits per heavy atom. The van der Waals surface area contributed by atoms with E-state index in [0.29, 0.717) is 13.2 Å². The Morgan fingerprint density at radius 1 is 1.33 bits per heavy atom. The molecule has 1 aromatic carbocycles. The summed E-state index contributed by atoms with van der Waals surface area (Å²) in [4.78, 5) is 2.14. The second kappa shape index (κ2) is 7.48. The van der Waals surface area contributed by atoms with Crippen molar-refractivity contribution in [3.8, 4) is 0 Å². The van der Waals surface area contributed by atoms with Crippen molar-refractivity contribution in [3.05, 3.63) is 35.9 Å². The van der Waals surface area contributed by atoms with Gasteiger partial charge >= 0.3 is 0 Å².